The molecule has 16 heavy (non-hydrogen) atoms. The Bertz CT molecular complexity index is 274. The molecular weight excluding hydrogens is 196 g/mol. The van der Waals surface area contributed by atoms with E-state index < -0.39 is 0 Å². The van der Waals surface area contributed by atoms with Crippen LogP contribution in [0.3, 0.4) is 0 Å². The Hall–Kier alpha value is -0.0800. The van der Waals surface area contributed by atoms with E-state index in [1.807, 2.05) is 0 Å². The standard InChI is InChI=1S/C14H24N2/c1-9-8-16(6-2-5-15-9)14-12-10-3-4-11(7-10)13(12)14/h9-15H,2-8H2,1H3. The maximum Gasteiger partial charge on any atom is 0.0166 e. The first-order valence-corrected chi connectivity index (χ1v) is 7.32. The molecule has 0 aromatic carbocycles. The van der Waals surface area contributed by atoms with Gasteiger partial charge in [-0.1, -0.05) is 0 Å². The molecule has 4 fully saturated rings. The molecule has 0 aromatic heterocycles. The van der Waals surface area contributed by atoms with Crippen molar-refractivity contribution in [2.24, 2.45) is 23.7 Å². The lowest BCUT2D eigenvalue weighted by Gasteiger charge is -2.25. The summed E-state index contributed by atoms with van der Waals surface area (Å²) < 4.78 is 0. The molecule has 5 unspecified atom stereocenters. The minimum absolute atomic E-state index is 0.710. The van der Waals surface area contributed by atoms with Crippen LogP contribution in [-0.2, 0) is 0 Å². The van der Waals surface area contributed by atoms with Crippen LogP contribution in [0.15, 0.2) is 0 Å². The van der Waals surface area contributed by atoms with E-state index in [0.717, 1.165) is 29.7 Å². The van der Waals surface area contributed by atoms with E-state index in [9.17, 15) is 0 Å². The number of rotatable bonds is 1. The fraction of sp³-hybridized carbons (Fsp3) is 1.00. The van der Waals surface area contributed by atoms with Crippen molar-refractivity contribution in [3.05, 3.63) is 0 Å². The summed E-state index contributed by atoms with van der Waals surface area (Å²) in [7, 11) is 0. The Morgan fingerprint density at radius 2 is 1.88 bits per heavy atom. The van der Waals surface area contributed by atoms with Crippen molar-refractivity contribution in [1.82, 2.24) is 10.2 Å². The van der Waals surface area contributed by atoms with Crippen LogP contribution in [0.25, 0.3) is 0 Å². The second-order valence-electron chi connectivity index (χ2n) is 6.68. The largest absolute Gasteiger partial charge is 0.313 e. The van der Waals surface area contributed by atoms with Gasteiger partial charge in [-0.15, -0.1) is 0 Å². The van der Waals surface area contributed by atoms with Crippen molar-refractivity contribution in [1.29, 1.82) is 0 Å². The molecule has 1 N–H and O–H groups in total. The maximum atomic E-state index is 3.62. The number of hydrogen-bond donors (Lipinski definition) is 1. The van der Waals surface area contributed by atoms with Crippen LogP contribution in [0, 0.1) is 23.7 Å². The van der Waals surface area contributed by atoms with Gasteiger partial charge in [0.05, 0.1) is 0 Å². The first-order valence-electron chi connectivity index (χ1n) is 7.32. The topological polar surface area (TPSA) is 15.3 Å². The van der Waals surface area contributed by atoms with E-state index in [0.29, 0.717) is 6.04 Å². The maximum absolute atomic E-state index is 3.62. The normalized spacial score (nSPS) is 56.1. The highest BCUT2D eigenvalue weighted by Crippen LogP contribution is 2.67. The third kappa shape index (κ3) is 1.32. The SMILES string of the molecule is CC1CN(C2C3C4CCC(C4)C32)CCCN1. The van der Waals surface area contributed by atoms with E-state index in [2.05, 4.69) is 17.1 Å². The summed E-state index contributed by atoms with van der Waals surface area (Å²) in [6.07, 6.45) is 6.07. The van der Waals surface area contributed by atoms with Crippen molar-refractivity contribution in [2.45, 2.75) is 44.7 Å². The molecule has 2 bridgehead atoms. The lowest BCUT2D eigenvalue weighted by atomic mass is 10.0. The minimum Gasteiger partial charge on any atom is -0.313 e. The lowest BCUT2D eigenvalue weighted by Crippen LogP contribution is -2.38. The van der Waals surface area contributed by atoms with Gasteiger partial charge in [0.15, 0.2) is 0 Å². The molecule has 1 heterocycles. The molecule has 3 saturated carbocycles. The van der Waals surface area contributed by atoms with Gasteiger partial charge in [-0.05, 0) is 69.4 Å². The Labute approximate surface area is 98.8 Å². The van der Waals surface area contributed by atoms with Crippen LogP contribution in [0.1, 0.15) is 32.6 Å². The van der Waals surface area contributed by atoms with Crippen LogP contribution < -0.4 is 5.32 Å². The first-order chi connectivity index (χ1) is 7.84. The van der Waals surface area contributed by atoms with Crippen molar-refractivity contribution < 1.29 is 0 Å². The third-order valence-electron chi connectivity index (χ3n) is 5.74. The number of nitrogens with one attached hydrogen (secondary N) is 1. The molecule has 0 radical (unpaired) electrons. The average molecular weight is 220 g/mol. The van der Waals surface area contributed by atoms with Gasteiger partial charge in [0.1, 0.15) is 0 Å². The van der Waals surface area contributed by atoms with Crippen molar-refractivity contribution >= 4 is 0 Å². The van der Waals surface area contributed by atoms with Crippen molar-refractivity contribution in [3.63, 3.8) is 0 Å². The number of fused-ring (bicyclic) bond motifs is 5. The Morgan fingerprint density at radius 1 is 1.12 bits per heavy atom. The van der Waals surface area contributed by atoms with Crippen LogP contribution in [0.5, 0.6) is 0 Å². The zero-order valence-electron chi connectivity index (χ0n) is 10.4. The molecule has 1 aliphatic heterocycles. The predicted octanol–water partition coefficient (Wildman–Crippen LogP) is 1.71. The predicted molar refractivity (Wildman–Crippen MR) is 65.3 cm³/mol. The van der Waals surface area contributed by atoms with Crippen molar-refractivity contribution in [2.75, 3.05) is 19.6 Å². The molecule has 1 saturated heterocycles. The summed E-state index contributed by atoms with van der Waals surface area (Å²) in [4.78, 5) is 2.84. The van der Waals surface area contributed by atoms with Gasteiger partial charge < -0.3 is 5.32 Å². The highest BCUT2D eigenvalue weighted by molar-refractivity contribution is 5.17. The quantitative estimate of drug-likeness (QED) is 0.724. The van der Waals surface area contributed by atoms with Crippen molar-refractivity contribution in [3.8, 4) is 0 Å². The average Bonchev–Trinajstić information content (AvgIpc) is 2.81. The zero-order chi connectivity index (χ0) is 10.7. The van der Waals surface area contributed by atoms with Gasteiger partial charge in [-0.3, -0.25) is 4.90 Å². The summed E-state index contributed by atoms with van der Waals surface area (Å²) in [5.41, 5.74) is 0. The first kappa shape index (κ1) is 9.90. The van der Waals surface area contributed by atoms with Gasteiger partial charge >= 0.3 is 0 Å². The molecule has 0 spiro atoms. The fourth-order valence-corrected chi connectivity index (χ4v) is 5.18. The van der Waals surface area contributed by atoms with Gasteiger partial charge in [-0.25, -0.2) is 0 Å². The van der Waals surface area contributed by atoms with Gasteiger partial charge in [0.25, 0.3) is 0 Å². The van der Waals surface area contributed by atoms with E-state index >= 15 is 0 Å². The van der Waals surface area contributed by atoms with Gasteiger partial charge in [0, 0.05) is 18.6 Å². The summed E-state index contributed by atoms with van der Waals surface area (Å²) in [5.74, 6) is 4.52. The second kappa shape index (κ2) is 3.46. The molecule has 2 heteroatoms. The van der Waals surface area contributed by atoms with Gasteiger partial charge in [0.2, 0.25) is 0 Å². The Kier molecular flexibility index (Phi) is 2.14. The molecular formula is C14H24N2. The van der Waals surface area contributed by atoms with E-state index in [1.54, 1.807) is 19.3 Å². The Morgan fingerprint density at radius 3 is 2.62 bits per heavy atom. The summed E-state index contributed by atoms with van der Waals surface area (Å²) in [6.45, 7) is 6.24. The van der Waals surface area contributed by atoms with Crippen LogP contribution in [0.2, 0.25) is 0 Å². The number of hydrogen-bond acceptors (Lipinski definition) is 2. The minimum atomic E-state index is 0.710. The highest BCUT2D eigenvalue weighted by atomic mass is 15.2. The zero-order valence-corrected chi connectivity index (χ0v) is 10.4. The molecule has 0 amide bonds. The molecule has 3 aliphatic carbocycles. The number of nitrogens with zero attached hydrogens (tertiary/aromatic N) is 1. The van der Waals surface area contributed by atoms with E-state index in [-0.39, 0.29) is 0 Å². The Balaban J connectivity index is 1.47. The third-order valence-corrected chi connectivity index (χ3v) is 5.74. The second-order valence-corrected chi connectivity index (χ2v) is 6.68. The fourth-order valence-electron chi connectivity index (χ4n) is 5.18. The summed E-state index contributed by atoms with van der Waals surface area (Å²) in [6, 6.07) is 1.72. The molecule has 2 nitrogen and oxygen atoms in total. The monoisotopic (exact) mass is 220 g/mol. The molecule has 90 valence electrons. The molecule has 0 aromatic rings. The van der Waals surface area contributed by atoms with Crippen LogP contribution in [-0.4, -0.2) is 36.6 Å². The molecule has 5 atom stereocenters. The van der Waals surface area contributed by atoms with E-state index in [1.165, 1.54) is 26.1 Å². The summed E-state index contributed by atoms with van der Waals surface area (Å²) >= 11 is 0. The highest BCUT2D eigenvalue weighted by Gasteiger charge is 2.66. The smallest absolute Gasteiger partial charge is 0.0166 e. The van der Waals surface area contributed by atoms with Crippen LogP contribution in [0.4, 0.5) is 0 Å². The van der Waals surface area contributed by atoms with E-state index in [4.69, 9.17) is 0 Å². The summed E-state index contributed by atoms with van der Waals surface area (Å²) in [5, 5.41) is 3.62. The molecule has 4 rings (SSSR count). The lowest BCUT2D eigenvalue weighted by molar-refractivity contribution is 0.219. The van der Waals surface area contributed by atoms with Crippen LogP contribution >= 0.6 is 0 Å². The molecule has 4 aliphatic rings. The van der Waals surface area contributed by atoms with Gasteiger partial charge in [-0.2, -0.15) is 0 Å².